The third kappa shape index (κ3) is 5.67. The maximum absolute atomic E-state index is 12.3. The van der Waals surface area contributed by atoms with E-state index in [-0.39, 0.29) is 12.5 Å². The summed E-state index contributed by atoms with van der Waals surface area (Å²) in [6, 6.07) is 13.1. The van der Waals surface area contributed by atoms with Crippen molar-refractivity contribution < 1.29 is 19.0 Å². The Labute approximate surface area is 154 Å². The fourth-order valence-electron chi connectivity index (χ4n) is 2.45. The van der Waals surface area contributed by atoms with E-state index in [4.69, 9.17) is 14.2 Å². The fraction of sp³-hybridized carbons (Fsp3) is 0.350. The Balaban J connectivity index is 1.81. The molecule has 6 heteroatoms. The van der Waals surface area contributed by atoms with Gasteiger partial charge in [0, 0.05) is 12.6 Å². The van der Waals surface area contributed by atoms with Crippen molar-refractivity contribution in [2.75, 3.05) is 46.3 Å². The van der Waals surface area contributed by atoms with E-state index in [0.717, 1.165) is 11.3 Å². The molecule has 0 heterocycles. The molecule has 0 atom stereocenters. The van der Waals surface area contributed by atoms with Crippen molar-refractivity contribution in [2.24, 2.45) is 0 Å². The molecule has 0 spiro atoms. The standard InChI is InChI=1S/C20H26N2O4/c1-15-7-5-6-8-18(15)26-12-11-22(2)14-20(23)21-17-10-9-16(24-3)13-19(17)25-4/h5-10,13H,11-12,14H2,1-4H3,(H,21,23). The number of nitrogens with zero attached hydrogens (tertiary/aromatic N) is 1. The number of para-hydroxylation sites is 1. The number of carbonyl (C=O) groups is 1. The molecule has 0 unspecified atom stereocenters. The Kier molecular flexibility index (Phi) is 7.29. The third-order valence-electron chi connectivity index (χ3n) is 3.92. The fourth-order valence-corrected chi connectivity index (χ4v) is 2.45. The number of ether oxygens (including phenoxy) is 3. The summed E-state index contributed by atoms with van der Waals surface area (Å²) in [4.78, 5) is 14.2. The highest BCUT2D eigenvalue weighted by Gasteiger charge is 2.11. The number of anilines is 1. The molecule has 0 aliphatic rings. The topological polar surface area (TPSA) is 60.0 Å². The van der Waals surface area contributed by atoms with Crippen LogP contribution in [-0.2, 0) is 4.79 Å². The van der Waals surface area contributed by atoms with Gasteiger partial charge in [0.2, 0.25) is 5.91 Å². The number of hydrogen-bond donors (Lipinski definition) is 1. The molecule has 2 aromatic rings. The van der Waals surface area contributed by atoms with Gasteiger partial charge in [0.15, 0.2) is 0 Å². The SMILES string of the molecule is COc1ccc(NC(=O)CN(C)CCOc2ccccc2C)c(OC)c1. The Hall–Kier alpha value is -2.73. The number of rotatable bonds is 9. The maximum atomic E-state index is 12.3. The first kappa shape index (κ1) is 19.6. The lowest BCUT2D eigenvalue weighted by Gasteiger charge is -2.18. The number of aryl methyl sites for hydroxylation is 1. The molecule has 0 radical (unpaired) electrons. The lowest BCUT2D eigenvalue weighted by atomic mass is 10.2. The van der Waals surface area contributed by atoms with Crippen molar-refractivity contribution in [2.45, 2.75) is 6.92 Å². The molecule has 0 saturated heterocycles. The summed E-state index contributed by atoms with van der Waals surface area (Å²) in [5, 5.41) is 2.86. The third-order valence-corrected chi connectivity index (χ3v) is 3.92. The Bertz CT molecular complexity index is 734. The molecule has 0 aliphatic heterocycles. The van der Waals surface area contributed by atoms with Gasteiger partial charge in [-0.3, -0.25) is 9.69 Å². The van der Waals surface area contributed by atoms with Crippen LogP contribution in [0.2, 0.25) is 0 Å². The van der Waals surface area contributed by atoms with Crippen LogP contribution >= 0.6 is 0 Å². The molecule has 26 heavy (non-hydrogen) atoms. The van der Waals surface area contributed by atoms with E-state index >= 15 is 0 Å². The van der Waals surface area contributed by atoms with Crippen LogP contribution in [0.5, 0.6) is 17.2 Å². The number of hydrogen-bond acceptors (Lipinski definition) is 5. The quantitative estimate of drug-likeness (QED) is 0.747. The number of carbonyl (C=O) groups excluding carboxylic acids is 1. The van der Waals surface area contributed by atoms with Gasteiger partial charge in [0.1, 0.15) is 23.9 Å². The Morgan fingerprint density at radius 3 is 2.54 bits per heavy atom. The monoisotopic (exact) mass is 358 g/mol. The second kappa shape index (κ2) is 9.68. The van der Waals surface area contributed by atoms with Crippen molar-refractivity contribution in [3.05, 3.63) is 48.0 Å². The first-order valence-corrected chi connectivity index (χ1v) is 8.42. The number of nitrogens with one attached hydrogen (secondary N) is 1. The van der Waals surface area contributed by atoms with E-state index in [1.807, 2.05) is 43.1 Å². The number of likely N-dealkylation sites (N-methyl/N-ethyl adjacent to an activating group) is 1. The molecular weight excluding hydrogens is 332 g/mol. The summed E-state index contributed by atoms with van der Waals surface area (Å²) in [6.07, 6.45) is 0. The van der Waals surface area contributed by atoms with E-state index in [1.165, 1.54) is 0 Å². The lowest BCUT2D eigenvalue weighted by Crippen LogP contribution is -2.33. The zero-order valence-corrected chi connectivity index (χ0v) is 15.7. The second-order valence-corrected chi connectivity index (χ2v) is 5.97. The minimum Gasteiger partial charge on any atom is -0.497 e. The molecule has 0 saturated carbocycles. The number of amides is 1. The maximum Gasteiger partial charge on any atom is 0.238 e. The van der Waals surface area contributed by atoms with Crippen LogP contribution in [0, 0.1) is 6.92 Å². The normalized spacial score (nSPS) is 10.5. The first-order valence-electron chi connectivity index (χ1n) is 8.42. The van der Waals surface area contributed by atoms with Gasteiger partial charge in [0.25, 0.3) is 0 Å². The largest absolute Gasteiger partial charge is 0.497 e. The number of methoxy groups -OCH3 is 2. The molecule has 0 aliphatic carbocycles. The van der Waals surface area contributed by atoms with Gasteiger partial charge in [-0.2, -0.15) is 0 Å². The summed E-state index contributed by atoms with van der Waals surface area (Å²) in [7, 11) is 5.02. The van der Waals surface area contributed by atoms with Crippen molar-refractivity contribution in [3.63, 3.8) is 0 Å². The molecule has 0 fully saturated rings. The predicted octanol–water partition coefficient (Wildman–Crippen LogP) is 2.96. The summed E-state index contributed by atoms with van der Waals surface area (Å²) in [6.45, 7) is 3.42. The van der Waals surface area contributed by atoms with Crippen molar-refractivity contribution >= 4 is 11.6 Å². The Morgan fingerprint density at radius 1 is 1.08 bits per heavy atom. The average molecular weight is 358 g/mol. The molecular formula is C20H26N2O4. The van der Waals surface area contributed by atoms with Crippen LogP contribution in [0.15, 0.2) is 42.5 Å². The van der Waals surface area contributed by atoms with Gasteiger partial charge in [-0.1, -0.05) is 18.2 Å². The molecule has 6 nitrogen and oxygen atoms in total. The van der Waals surface area contributed by atoms with Crippen molar-refractivity contribution in [1.29, 1.82) is 0 Å². The van der Waals surface area contributed by atoms with Crippen LogP contribution in [0.4, 0.5) is 5.69 Å². The highest BCUT2D eigenvalue weighted by Crippen LogP contribution is 2.28. The smallest absolute Gasteiger partial charge is 0.238 e. The highest BCUT2D eigenvalue weighted by molar-refractivity contribution is 5.93. The van der Waals surface area contributed by atoms with Gasteiger partial charge >= 0.3 is 0 Å². The Morgan fingerprint density at radius 2 is 1.85 bits per heavy atom. The van der Waals surface area contributed by atoms with Crippen LogP contribution < -0.4 is 19.5 Å². The predicted molar refractivity (Wildman–Crippen MR) is 102 cm³/mol. The molecule has 1 N–H and O–H groups in total. The van der Waals surface area contributed by atoms with Gasteiger partial charge in [0.05, 0.1) is 26.5 Å². The summed E-state index contributed by atoms with van der Waals surface area (Å²) in [5.74, 6) is 1.98. The second-order valence-electron chi connectivity index (χ2n) is 5.97. The van der Waals surface area contributed by atoms with Crippen molar-refractivity contribution in [3.8, 4) is 17.2 Å². The van der Waals surface area contributed by atoms with Gasteiger partial charge in [-0.15, -0.1) is 0 Å². The zero-order chi connectivity index (χ0) is 18.9. The van der Waals surface area contributed by atoms with E-state index in [9.17, 15) is 4.79 Å². The van der Waals surface area contributed by atoms with Gasteiger partial charge in [-0.25, -0.2) is 0 Å². The van der Waals surface area contributed by atoms with Gasteiger partial charge < -0.3 is 19.5 Å². The molecule has 2 aromatic carbocycles. The van der Waals surface area contributed by atoms with Crippen molar-refractivity contribution in [1.82, 2.24) is 4.90 Å². The molecule has 0 aromatic heterocycles. The summed E-state index contributed by atoms with van der Waals surface area (Å²) < 4.78 is 16.2. The van der Waals surface area contributed by atoms with E-state index in [0.29, 0.717) is 30.3 Å². The number of benzene rings is 2. The van der Waals surface area contributed by atoms with Crippen LogP contribution in [0.25, 0.3) is 0 Å². The molecule has 2 rings (SSSR count). The van der Waals surface area contributed by atoms with Crippen LogP contribution in [0.3, 0.4) is 0 Å². The summed E-state index contributed by atoms with van der Waals surface area (Å²) in [5.41, 5.74) is 1.71. The molecule has 140 valence electrons. The van der Waals surface area contributed by atoms with E-state index in [2.05, 4.69) is 5.32 Å². The molecule has 0 bridgehead atoms. The minimum atomic E-state index is -0.119. The highest BCUT2D eigenvalue weighted by atomic mass is 16.5. The zero-order valence-electron chi connectivity index (χ0n) is 15.7. The molecule has 1 amide bonds. The lowest BCUT2D eigenvalue weighted by molar-refractivity contribution is -0.117. The van der Waals surface area contributed by atoms with E-state index in [1.54, 1.807) is 32.4 Å². The van der Waals surface area contributed by atoms with Crippen LogP contribution in [-0.4, -0.2) is 51.8 Å². The minimum absolute atomic E-state index is 0.119. The van der Waals surface area contributed by atoms with Crippen LogP contribution in [0.1, 0.15) is 5.56 Å². The first-order chi connectivity index (χ1) is 12.5. The van der Waals surface area contributed by atoms with E-state index < -0.39 is 0 Å². The average Bonchev–Trinajstić information content (AvgIpc) is 2.63. The summed E-state index contributed by atoms with van der Waals surface area (Å²) >= 11 is 0. The van der Waals surface area contributed by atoms with Gasteiger partial charge in [-0.05, 0) is 37.7 Å².